The summed E-state index contributed by atoms with van der Waals surface area (Å²) in [5, 5.41) is 8.17. The van der Waals surface area contributed by atoms with Crippen LogP contribution in [0.1, 0.15) is 40.7 Å². The third-order valence-electron chi connectivity index (χ3n) is 5.56. The lowest BCUT2D eigenvalue weighted by molar-refractivity contribution is -0.125. The average Bonchev–Trinajstić information content (AvgIpc) is 2.94. The fourth-order valence-electron chi connectivity index (χ4n) is 3.60. The second-order valence-electron chi connectivity index (χ2n) is 8.08. The molecule has 0 unspecified atom stereocenters. The number of nitrogens with one attached hydrogen (secondary N) is 1. The molecule has 1 aliphatic heterocycles. The third-order valence-corrected chi connectivity index (χ3v) is 5.56. The SMILES string of the molecule is COc1ccc(/C(=C\c2ccc(F)c(F)c2)C(=O)N2CCCCC2)cc1.Nc1ncc(C(=O)NO)cn1. The molecule has 1 aliphatic rings. The van der Waals surface area contributed by atoms with Crippen LogP contribution in [0.5, 0.6) is 5.75 Å². The lowest BCUT2D eigenvalue weighted by Crippen LogP contribution is -2.36. The summed E-state index contributed by atoms with van der Waals surface area (Å²) in [5.41, 5.74) is 8.36. The van der Waals surface area contributed by atoms with Gasteiger partial charge in [0.2, 0.25) is 5.95 Å². The summed E-state index contributed by atoms with van der Waals surface area (Å²) in [6.45, 7) is 1.42. The number of carbonyl (C=O) groups is 2. The van der Waals surface area contributed by atoms with Crippen LogP contribution in [0, 0.1) is 11.6 Å². The number of rotatable bonds is 5. The van der Waals surface area contributed by atoms with Gasteiger partial charge in [0.25, 0.3) is 11.8 Å². The average molecular weight is 512 g/mol. The largest absolute Gasteiger partial charge is 0.497 e. The van der Waals surface area contributed by atoms with Gasteiger partial charge in [-0.1, -0.05) is 18.2 Å². The number of benzene rings is 2. The molecule has 3 aromatic rings. The van der Waals surface area contributed by atoms with Gasteiger partial charge in [-0.05, 0) is 60.7 Å². The zero-order chi connectivity index (χ0) is 26.8. The van der Waals surface area contributed by atoms with E-state index in [1.165, 1.54) is 23.9 Å². The molecule has 1 aromatic heterocycles. The van der Waals surface area contributed by atoms with Crippen LogP contribution >= 0.6 is 0 Å². The van der Waals surface area contributed by atoms with Crippen LogP contribution in [0.25, 0.3) is 11.6 Å². The van der Waals surface area contributed by atoms with Gasteiger partial charge >= 0.3 is 0 Å². The quantitative estimate of drug-likeness (QED) is 0.206. The number of hydroxylamine groups is 1. The highest BCUT2D eigenvalue weighted by Crippen LogP contribution is 2.25. The maximum Gasteiger partial charge on any atom is 0.277 e. The zero-order valence-corrected chi connectivity index (χ0v) is 20.2. The van der Waals surface area contributed by atoms with Crippen molar-refractivity contribution in [2.45, 2.75) is 19.3 Å². The molecule has 37 heavy (non-hydrogen) atoms. The first-order chi connectivity index (χ1) is 17.8. The van der Waals surface area contributed by atoms with Gasteiger partial charge < -0.3 is 15.4 Å². The first-order valence-corrected chi connectivity index (χ1v) is 11.4. The zero-order valence-electron chi connectivity index (χ0n) is 20.2. The van der Waals surface area contributed by atoms with Crippen LogP contribution in [0.4, 0.5) is 14.7 Å². The van der Waals surface area contributed by atoms with E-state index in [1.807, 2.05) is 4.90 Å². The molecule has 1 saturated heterocycles. The Balaban J connectivity index is 0.000000289. The summed E-state index contributed by atoms with van der Waals surface area (Å²) < 4.78 is 31.9. The van der Waals surface area contributed by atoms with Gasteiger partial charge in [0.05, 0.1) is 12.7 Å². The van der Waals surface area contributed by atoms with Crippen molar-refractivity contribution in [2.75, 3.05) is 25.9 Å². The molecule has 0 atom stereocenters. The molecule has 1 fully saturated rings. The van der Waals surface area contributed by atoms with Crippen LogP contribution < -0.4 is 16.0 Å². The summed E-state index contributed by atoms with van der Waals surface area (Å²) in [6.07, 6.45) is 7.12. The third kappa shape index (κ3) is 7.55. The Hall–Kier alpha value is -4.38. The number of nitrogen functional groups attached to an aromatic ring is 1. The number of hydrogen-bond donors (Lipinski definition) is 3. The first-order valence-electron chi connectivity index (χ1n) is 11.4. The molecule has 11 heteroatoms. The Labute approximate surface area is 212 Å². The Bertz CT molecular complexity index is 1240. The molecule has 4 N–H and O–H groups in total. The number of carbonyl (C=O) groups excluding carboxylic acids is 2. The summed E-state index contributed by atoms with van der Waals surface area (Å²) >= 11 is 0. The number of likely N-dealkylation sites (tertiary alicyclic amines) is 1. The number of hydrogen-bond acceptors (Lipinski definition) is 7. The number of amides is 2. The number of methoxy groups -OCH3 is 1. The number of aromatic nitrogens is 2. The Kier molecular flexibility index (Phi) is 9.61. The number of ether oxygens (including phenoxy) is 1. The van der Waals surface area contributed by atoms with Gasteiger partial charge in [-0.3, -0.25) is 14.8 Å². The highest BCUT2D eigenvalue weighted by atomic mass is 19.2. The molecule has 0 radical (unpaired) electrons. The summed E-state index contributed by atoms with van der Waals surface area (Å²) in [7, 11) is 1.58. The van der Waals surface area contributed by atoms with E-state index >= 15 is 0 Å². The number of nitrogens with two attached hydrogens (primary N) is 1. The molecular weight excluding hydrogens is 484 g/mol. The van der Waals surface area contributed by atoms with Crippen molar-refractivity contribution in [3.8, 4) is 5.75 Å². The number of nitrogens with zero attached hydrogens (tertiary/aromatic N) is 3. The predicted molar refractivity (Wildman–Crippen MR) is 133 cm³/mol. The van der Waals surface area contributed by atoms with Crippen molar-refractivity contribution in [3.05, 3.63) is 83.2 Å². The van der Waals surface area contributed by atoms with Crippen molar-refractivity contribution in [1.29, 1.82) is 0 Å². The Morgan fingerprint density at radius 2 is 1.65 bits per heavy atom. The lowest BCUT2D eigenvalue weighted by atomic mass is 10.00. The second-order valence-corrected chi connectivity index (χ2v) is 8.08. The van der Waals surface area contributed by atoms with E-state index in [4.69, 9.17) is 15.7 Å². The molecular formula is C26H27F2N5O4. The van der Waals surface area contributed by atoms with Crippen molar-refractivity contribution in [2.24, 2.45) is 0 Å². The molecule has 9 nitrogen and oxygen atoms in total. The molecule has 0 spiro atoms. The van der Waals surface area contributed by atoms with E-state index in [0.717, 1.165) is 31.4 Å². The van der Waals surface area contributed by atoms with E-state index in [-0.39, 0.29) is 17.4 Å². The molecule has 0 bridgehead atoms. The van der Waals surface area contributed by atoms with Crippen molar-refractivity contribution < 1.29 is 28.3 Å². The van der Waals surface area contributed by atoms with Crippen molar-refractivity contribution in [3.63, 3.8) is 0 Å². The minimum atomic E-state index is -0.932. The monoisotopic (exact) mass is 511 g/mol. The maximum absolute atomic E-state index is 13.6. The van der Waals surface area contributed by atoms with Crippen LogP contribution in [0.15, 0.2) is 54.9 Å². The van der Waals surface area contributed by atoms with Crippen molar-refractivity contribution >= 4 is 29.4 Å². The van der Waals surface area contributed by atoms with Crippen LogP contribution in [-0.2, 0) is 4.79 Å². The van der Waals surface area contributed by atoms with Gasteiger partial charge in [0.1, 0.15) is 5.75 Å². The van der Waals surface area contributed by atoms with Crippen LogP contribution in [0.2, 0.25) is 0 Å². The molecule has 2 aromatic carbocycles. The number of halogens is 2. The molecule has 0 aliphatic carbocycles. The van der Waals surface area contributed by atoms with E-state index < -0.39 is 17.5 Å². The van der Waals surface area contributed by atoms with Gasteiger partial charge in [0.15, 0.2) is 11.6 Å². The fraction of sp³-hybridized carbons (Fsp3) is 0.231. The number of piperidine rings is 1. The normalized spacial score (nSPS) is 13.3. The fourth-order valence-corrected chi connectivity index (χ4v) is 3.60. The maximum atomic E-state index is 13.6. The van der Waals surface area contributed by atoms with Gasteiger partial charge in [-0.15, -0.1) is 0 Å². The predicted octanol–water partition coefficient (Wildman–Crippen LogP) is 3.70. The molecule has 194 valence electrons. The van der Waals surface area contributed by atoms with Crippen LogP contribution in [-0.4, -0.2) is 52.1 Å². The van der Waals surface area contributed by atoms with Gasteiger partial charge in [-0.2, -0.15) is 0 Å². The van der Waals surface area contributed by atoms with E-state index in [1.54, 1.807) is 37.5 Å². The molecule has 2 amide bonds. The van der Waals surface area contributed by atoms with Crippen molar-refractivity contribution in [1.82, 2.24) is 20.3 Å². The highest BCUT2D eigenvalue weighted by Gasteiger charge is 2.21. The topological polar surface area (TPSA) is 131 Å². The number of anilines is 1. The first kappa shape index (κ1) is 27.2. The minimum Gasteiger partial charge on any atom is -0.497 e. The molecule has 4 rings (SSSR count). The lowest BCUT2D eigenvalue weighted by Gasteiger charge is -2.28. The summed E-state index contributed by atoms with van der Waals surface area (Å²) in [6, 6.07) is 10.8. The highest BCUT2D eigenvalue weighted by molar-refractivity contribution is 6.24. The van der Waals surface area contributed by atoms with Crippen LogP contribution in [0.3, 0.4) is 0 Å². The van der Waals surface area contributed by atoms with E-state index in [2.05, 4.69) is 9.97 Å². The smallest absolute Gasteiger partial charge is 0.277 e. The Morgan fingerprint density at radius 3 is 2.22 bits per heavy atom. The summed E-state index contributed by atoms with van der Waals surface area (Å²) in [4.78, 5) is 32.6. The minimum absolute atomic E-state index is 0.0829. The van der Waals surface area contributed by atoms with Gasteiger partial charge in [-0.25, -0.2) is 24.2 Å². The second kappa shape index (κ2) is 13.1. The van der Waals surface area contributed by atoms with E-state index in [9.17, 15) is 18.4 Å². The summed E-state index contributed by atoms with van der Waals surface area (Å²) in [5.74, 6) is -1.83. The van der Waals surface area contributed by atoms with E-state index in [0.29, 0.717) is 35.5 Å². The standard InChI is InChI=1S/C21H21F2NO2.C5H6N4O2/c1-26-17-8-6-16(7-9-17)18(21(25)24-11-3-2-4-12-24)13-15-5-10-19(22)20(23)14-15;6-5-7-1-3(2-8-5)4(10)9-11/h5-10,13-14H,2-4,11-12H2,1H3;1-2,11H,(H,9,10)(H2,6,7,8)/b18-13+;. The Morgan fingerprint density at radius 1 is 1.00 bits per heavy atom. The molecule has 2 heterocycles. The molecule has 0 saturated carbocycles. The van der Waals surface area contributed by atoms with Gasteiger partial charge in [0, 0.05) is 31.1 Å².